The summed E-state index contributed by atoms with van der Waals surface area (Å²) in [5.41, 5.74) is 6.71. The summed E-state index contributed by atoms with van der Waals surface area (Å²) in [6.07, 6.45) is 4.20. The molecule has 0 unspecified atom stereocenters. The molecule has 0 saturated heterocycles. The molecule has 8 heteroatoms. The van der Waals surface area contributed by atoms with Crippen LogP contribution in [0.3, 0.4) is 0 Å². The Labute approximate surface area is 276 Å². The Hall–Kier alpha value is -4.30. The molecule has 7 nitrogen and oxygen atoms in total. The van der Waals surface area contributed by atoms with Gasteiger partial charge in [-0.2, -0.15) is 0 Å². The van der Waals surface area contributed by atoms with E-state index in [-0.39, 0.29) is 10.7 Å². The molecule has 0 aliphatic carbocycles. The van der Waals surface area contributed by atoms with Crippen LogP contribution in [-0.2, 0) is 29.1 Å². The molecule has 0 saturated carbocycles. The molecule has 5 rings (SSSR count). The molecule has 0 bridgehead atoms. The molecule has 0 amide bonds. The van der Waals surface area contributed by atoms with Crippen molar-refractivity contribution in [3.05, 3.63) is 102 Å². The third-order valence-corrected chi connectivity index (χ3v) is 9.05. The number of rotatable bonds is 11. The third-order valence-electron chi connectivity index (χ3n) is 7.78. The van der Waals surface area contributed by atoms with E-state index < -0.39 is 5.41 Å². The van der Waals surface area contributed by atoms with Crippen molar-refractivity contribution in [3.8, 4) is 22.8 Å². The molecule has 0 aliphatic heterocycles. The fourth-order valence-corrected chi connectivity index (χ4v) is 6.57. The maximum Gasteiger partial charge on any atom is 0.311 e. The van der Waals surface area contributed by atoms with Crippen LogP contribution in [-0.4, -0.2) is 39.5 Å². The van der Waals surface area contributed by atoms with Gasteiger partial charge in [-0.1, -0.05) is 51.1 Å². The number of fused-ring (bicyclic) bond motifs is 1. The fraction of sp³-hybridized carbons (Fsp3) is 0.342. The average Bonchev–Trinajstić information content (AvgIpc) is 3.29. The van der Waals surface area contributed by atoms with Crippen LogP contribution in [0.1, 0.15) is 57.1 Å². The highest BCUT2D eigenvalue weighted by atomic mass is 32.2. The number of aryl methyl sites for hydroxylation is 1. The molecular weight excluding hydrogens is 595 g/mol. The number of pyridine rings is 2. The van der Waals surface area contributed by atoms with Crippen molar-refractivity contribution in [2.45, 2.75) is 70.8 Å². The van der Waals surface area contributed by atoms with Crippen molar-refractivity contribution in [3.63, 3.8) is 0 Å². The monoisotopic (exact) mass is 637 g/mol. The minimum Gasteiger partial charge on any atom is -0.487 e. The van der Waals surface area contributed by atoms with E-state index in [1.54, 1.807) is 7.11 Å². The van der Waals surface area contributed by atoms with Crippen LogP contribution in [0.2, 0.25) is 0 Å². The highest BCUT2D eigenvalue weighted by Gasteiger charge is 2.33. The van der Waals surface area contributed by atoms with Crippen molar-refractivity contribution in [2.75, 3.05) is 14.2 Å². The number of hydrogen-bond acceptors (Lipinski definition) is 7. The van der Waals surface area contributed by atoms with Gasteiger partial charge in [-0.15, -0.1) is 11.8 Å². The maximum atomic E-state index is 12.9. The Morgan fingerprint density at radius 1 is 0.870 bits per heavy atom. The number of aromatic nitrogens is 3. The quantitative estimate of drug-likeness (QED) is 0.106. The van der Waals surface area contributed by atoms with Gasteiger partial charge < -0.3 is 18.8 Å². The van der Waals surface area contributed by atoms with Gasteiger partial charge >= 0.3 is 5.97 Å². The molecular formula is C38H43N3O4S. The van der Waals surface area contributed by atoms with Crippen molar-refractivity contribution >= 4 is 28.6 Å². The zero-order valence-corrected chi connectivity index (χ0v) is 28.8. The summed E-state index contributed by atoms with van der Waals surface area (Å²) in [5.74, 6) is 1.13. The minimum atomic E-state index is -0.726. The molecule has 0 aliphatic rings. The lowest BCUT2D eigenvalue weighted by Gasteiger charge is -2.25. The Morgan fingerprint density at radius 3 is 2.22 bits per heavy atom. The summed E-state index contributed by atoms with van der Waals surface area (Å²) < 4.78 is 19.0. The SMILES string of the molecule is COC(=O)C(C)(C)Cc1c(SC(C)(C)C)c2cc(OCc3ccc(C)cn3)ccc2n1Cc1ccc(-c2ccc(OC)nc2)cc1. The molecule has 0 spiro atoms. The molecule has 5 aromatic rings. The number of carbonyl (C=O) groups is 1. The molecule has 0 N–H and O–H groups in total. The Kier molecular flexibility index (Phi) is 9.77. The highest BCUT2D eigenvalue weighted by molar-refractivity contribution is 8.00. The van der Waals surface area contributed by atoms with E-state index in [1.165, 1.54) is 7.11 Å². The van der Waals surface area contributed by atoms with E-state index in [0.29, 0.717) is 25.5 Å². The number of carbonyl (C=O) groups excluding carboxylic acids is 1. The second kappa shape index (κ2) is 13.6. The van der Waals surface area contributed by atoms with Crippen LogP contribution < -0.4 is 9.47 Å². The van der Waals surface area contributed by atoms with Gasteiger partial charge in [0.1, 0.15) is 12.4 Å². The zero-order valence-electron chi connectivity index (χ0n) is 28.0. The van der Waals surface area contributed by atoms with Crippen LogP contribution in [0.15, 0.2) is 84.0 Å². The van der Waals surface area contributed by atoms with Gasteiger partial charge in [0.15, 0.2) is 0 Å². The van der Waals surface area contributed by atoms with Gasteiger partial charge in [-0.05, 0) is 67.8 Å². The zero-order chi connectivity index (χ0) is 33.1. The number of nitrogens with zero attached hydrogens (tertiary/aromatic N) is 3. The largest absolute Gasteiger partial charge is 0.487 e. The lowest BCUT2D eigenvalue weighted by atomic mass is 9.87. The van der Waals surface area contributed by atoms with Gasteiger partial charge in [0.25, 0.3) is 0 Å². The Bertz CT molecular complexity index is 1800. The summed E-state index contributed by atoms with van der Waals surface area (Å²) in [6.45, 7) is 13.6. The topological polar surface area (TPSA) is 75.5 Å². The minimum absolute atomic E-state index is 0.0694. The lowest BCUT2D eigenvalue weighted by Crippen LogP contribution is -2.29. The molecule has 3 heterocycles. The smallest absolute Gasteiger partial charge is 0.311 e. The lowest BCUT2D eigenvalue weighted by molar-refractivity contribution is -0.150. The second-order valence-electron chi connectivity index (χ2n) is 13.2. The van der Waals surface area contributed by atoms with Crippen LogP contribution >= 0.6 is 11.8 Å². The van der Waals surface area contributed by atoms with Gasteiger partial charge in [0, 0.05) is 63.2 Å². The number of benzene rings is 2. The molecule has 0 atom stereocenters. The van der Waals surface area contributed by atoms with Crippen molar-refractivity contribution in [1.29, 1.82) is 0 Å². The van der Waals surface area contributed by atoms with Crippen LogP contribution in [0.4, 0.5) is 0 Å². The first-order valence-electron chi connectivity index (χ1n) is 15.4. The normalized spacial score (nSPS) is 11.9. The number of esters is 1. The van der Waals surface area contributed by atoms with Crippen molar-refractivity contribution in [1.82, 2.24) is 14.5 Å². The third kappa shape index (κ3) is 7.73. The van der Waals surface area contributed by atoms with Crippen LogP contribution in [0.25, 0.3) is 22.0 Å². The second-order valence-corrected chi connectivity index (χ2v) is 15.0. The summed E-state index contributed by atoms with van der Waals surface area (Å²) in [6, 6.07) is 22.8. The first-order valence-corrected chi connectivity index (χ1v) is 16.2. The van der Waals surface area contributed by atoms with Gasteiger partial charge in [0.2, 0.25) is 5.88 Å². The molecule has 46 heavy (non-hydrogen) atoms. The van der Waals surface area contributed by atoms with Gasteiger partial charge in [-0.3, -0.25) is 9.78 Å². The fourth-order valence-electron chi connectivity index (χ4n) is 5.39. The first-order chi connectivity index (χ1) is 21.9. The number of methoxy groups -OCH3 is 2. The summed E-state index contributed by atoms with van der Waals surface area (Å²) in [4.78, 5) is 23.0. The standard InChI is InChI=1S/C38H43N3O4S/c1-25-9-15-29(39-21-25)24-45-30-16-17-32-31(19-30)35(46-37(2,3)4)33(20-38(5,6)36(42)44-8)41(32)23-26-10-12-27(13-11-26)28-14-18-34(43-7)40-22-28/h9-19,21-22H,20,23-24H2,1-8H3. The van der Waals surface area contributed by atoms with Crippen LogP contribution in [0, 0.1) is 12.3 Å². The van der Waals surface area contributed by atoms with E-state index in [4.69, 9.17) is 14.2 Å². The highest BCUT2D eigenvalue weighted by Crippen LogP contribution is 2.44. The predicted octanol–water partition coefficient (Wildman–Crippen LogP) is 8.67. The summed E-state index contributed by atoms with van der Waals surface area (Å²) >= 11 is 1.82. The molecule has 0 fully saturated rings. The molecule has 0 radical (unpaired) electrons. The van der Waals surface area contributed by atoms with Gasteiger partial charge in [0.05, 0.1) is 25.3 Å². The van der Waals surface area contributed by atoms with Gasteiger partial charge in [-0.25, -0.2) is 4.98 Å². The Morgan fingerprint density at radius 2 is 1.61 bits per heavy atom. The van der Waals surface area contributed by atoms with E-state index >= 15 is 0 Å². The summed E-state index contributed by atoms with van der Waals surface area (Å²) in [5, 5.41) is 1.10. The predicted molar refractivity (Wildman–Crippen MR) is 186 cm³/mol. The first kappa shape index (κ1) is 33.1. The van der Waals surface area contributed by atoms with E-state index in [2.05, 4.69) is 71.7 Å². The van der Waals surface area contributed by atoms with Crippen molar-refractivity contribution < 1.29 is 19.0 Å². The molecule has 2 aromatic carbocycles. The number of ether oxygens (including phenoxy) is 3. The number of hydrogen-bond donors (Lipinski definition) is 0. The maximum absolute atomic E-state index is 12.9. The van der Waals surface area contributed by atoms with Crippen molar-refractivity contribution in [2.24, 2.45) is 5.41 Å². The van der Waals surface area contributed by atoms with E-state index in [9.17, 15) is 4.79 Å². The van der Waals surface area contributed by atoms with E-state index in [1.807, 2.05) is 75.3 Å². The average molecular weight is 638 g/mol. The Balaban J connectivity index is 1.57. The number of thioether (sulfide) groups is 1. The summed E-state index contributed by atoms with van der Waals surface area (Å²) in [7, 11) is 3.07. The van der Waals surface area contributed by atoms with Crippen LogP contribution in [0.5, 0.6) is 11.6 Å². The molecule has 3 aromatic heterocycles. The molecule has 240 valence electrons. The van der Waals surface area contributed by atoms with E-state index in [0.717, 1.165) is 55.2 Å².